The molecule has 0 saturated carbocycles. The van der Waals surface area contributed by atoms with Crippen molar-refractivity contribution < 1.29 is 19.0 Å². The number of hydrogen-bond acceptors (Lipinski definition) is 5. The standard InChI is InChI=1S/C13H20Cl3NO4/c1-6-7(2)10(5-19-9(4)18)20-11(8(6)3)21-12(17)13(14,15)16/h6-8,10-11,17H,5H2,1-4H3/t6-,7-,8?,10?,11-/m0/s1. The van der Waals surface area contributed by atoms with Gasteiger partial charge >= 0.3 is 5.97 Å². The van der Waals surface area contributed by atoms with Crippen LogP contribution in [0.1, 0.15) is 27.7 Å². The van der Waals surface area contributed by atoms with Gasteiger partial charge < -0.3 is 14.2 Å². The first-order valence-electron chi connectivity index (χ1n) is 6.65. The Morgan fingerprint density at radius 1 is 1.19 bits per heavy atom. The quantitative estimate of drug-likeness (QED) is 0.362. The fourth-order valence-corrected chi connectivity index (χ4v) is 2.33. The van der Waals surface area contributed by atoms with Crippen LogP contribution < -0.4 is 0 Å². The summed E-state index contributed by atoms with van der Waals surface area (Å²) in [5.74, 6) is -0.462. The zero-order valence-corrected chi connectivity index (χ0v) is 14.6. The zero-order chi connectivity index (χ0) is 16.4. The van der Waals surface area contributed by atoms with Crippen molar-refractivity contribution >= 4 is 46.7 Å². The lowest BCUT2D eigenvalue weighted by atomic mass is 9.79. The van der Waals surface area contributed by atoms with E-state index in [1.165, 1.54) is 6.92 Å². The molecule has 0 radical (unpaired) electrons. The highest BCUT2D eigenvalue weighted by molar-refractivity contribution is 6.76. The van der Waals surface area contributed by atoms with Crippen LogP contribution in [0.2, 0.25) is 0 Å². The molecule has 21 heavy (non-hydrogen) atoms. The van der Waals surface area contributed by atoms with Crippen LogP contribution in [0.4, 0.5) is 0 Å². The molecule has 1 aliphatic rings. The predicted octanol–water partition coefficient (Wildman–Crippen LogP) is 3.55. The third-order valence-corrected chi connectivity index (χ3v) is 4.44. The molecule has 0 bridgehead atoms. The molecule has 8 heteroatoms. The van der Waals surface area contributed by atoms with Crippen molar-refractivity contribution in [2.75, 3.05) is 6.61 Å². The first-order valence-corrected chi connectivity index (χ1v) is 7.78. The van der Waals surface area contributed by atoms with Gasteiger partial charge in [0.1, 0.15) is 6.61 Å². The summed E-state index contributed by atoms with van der Waals surface area (Å²) in [5, 5.41) is 7.64. The molecule has 122 valence electrons. The second-order valence-corrected chi connectivity index (χ2v) is 7.65. The van der Waals surface area contributed by atoms with Crippen molar-refractivity contribution in [3.63, 3.8) is 0 Å². The molecule has 0 spiro atoms. The van der Waals surface area contributed by atoms with Gasteiger partial charge in [-0.25, -0.2) is 0 Å². The summed E-state index contributed by atoms with van der Waals surface area (Å²) in [6, 6.07) is 0. The van der Waals surface area contributed by atoms with E-state index >= 15 is 0 Å². The topological polar surface area (TPSA) is 68.6 Å². The predicted molar refractivity (Wildman–Crippen MR) is 81.9 cm³/mol. The summed E-state index contributed by atoms with van der Waals surface area (Å²) < 4.78 is 14.2. The van der Waals surface area contributed by atoms with Crippen LogP contribution in [0.3, 0.4) is 0 Å². The number of hydrogen-bond donors (Lipinski definition) is 1. The highest BCUT2D eigenvalue weighted by atomic mass is 35.6. The Labute approximate surface area is 139 Å². The Bertz CT molecular complexity index is 399. The minimum Gasteiger partial charge on any atom is -0.463 e. The minimum absolute atomic E-state index is 0.00118. The fraction of sp³-hybridized carbons (Fsp3) is 0.846. The number of rotatable bonds is 3. The maximum Gasteiger partial charge on any atom is 0.302 e. The van der Waals surface area contributed by atoms with Crippen molar-refractivity contribution in [3.05, 3.63) is 0 Å². The molecule has 0 aliphatic carbocycles. The summed E-state index contributed by atoms with van der Waals surface area (Å²) in [6.07, 6.45) is -1.05. The third-order valence-electron chi connectivity index (χ3n) is 3.93. The van der Waals surface area contributed by atoms with Crippen molar-refractivity contribution in [3.8, 4) is 0 Å². The molecule has 5 nitrogen and oxygen atoms in total. The van der Waals surface area contributed by atoms with E-state index in [1.807, 2.05) is 20.8 Å². The molecule has 1 fully saturated rings. The zero-order valence-electron chi connectivity index (χ0n) is 12.4. The Morgan fingerprint density at radius 3 is 2.24 bits per heavy atom. The van der Waals surface area contributed by atoms with Gasteiger partial charge in [-0.15, -0.1) is 0 Å². The van der Waals surface area contributed by atoms with Gasteiger partial charge in [0.15, 0.2) is 0 Å². The largest absolute Gasteiger partial charge is 0.463 e. The van der Waals surface area contributed by atoms with Gasteiger partial charge in [0, 0.05) is 12.8 Å². The molecule has 0 amide bonds. The van der Waals surface area contributed by atoms with Gasteiger partial charge in [-0.1, -0.05) is 55.6 Å². The summed E-state index contributed by atoms with van der Waals surface area (Å²) in [6.45, 7) is 7.49. The monoisotopic (exact) mass is 359 g/mol. The Morgan fingerprint density at radius 2 is 1.76 bits per heavy atom. The lowest BCUT2D eigenvalue weighted by molar-refractivity contribution is -0.228. The Hall–Kier alpha value is -0.230. The minimum atomic E-state index is -1.93. The molecule has 0 aromatic rings. The molecule has 1 saturated heterocycles. The van der Waals surface area contributed by atoms with Crippen LogP contribution in [0.5, 0.6) is 0 Å². The molecule has 1 N–H and O–H groups in total. The van der Waals surface area contributed by atoms with Crippen LogP contribution in [0.15, 0.2) is 0 Å². The fourth-order valence-electron chi connectivity index (χ4n) is 2.19. The average Bonchev–Trinajstić information content (AvgIpc) is 2.36. The van der Waals surface area contributed by atoms with E-state index in [0.717, 1.165) is 0 Å². The van der Waals surface area contributed by atoms with Gasteiger partial charge in [0.05, 0.1) is 6.10 Å². The molecule has 5 atom stereocenters. The van der Waals surface area contributed by atoms with Gasteiger partial charge in [-0.05, 0) is 11.8 Å². The highest BCUT2D eigenvalue weighted by Gasteiger charge is 2.42. The number of halogens is 3. The Balaban J connectivity index is 2.75. The highest BCUT2D eigenvalue weighted by Crippen LogP contribution is 2.37. The van der Waals surface area contributed by atoms with E-state index in [-0.39, 0.29) is 36.4 Å². The van der Waals surface area contributed by atoms with Gasteiger partial charge in [0.2, 0.25) is 12.2 Å². The summed E-state index contributed by atoms with van der Waals surface area (Å²) in [4.78, 5) is 10.9. The SMILES string of the molecule is CC(=O)OCC1O[C@@H](OC(=N)C(Cl)(Cl)Cl)C(C)[C@@H](C)[C@@H]1C. The van der Waals surface area contributed by atoms with Gasteiger partial charge in [-0.2, -0.15) is 0 Å². The molecule has 1 heterocycles. The maximum absolute atomic E-state index is 10.9. The molecular formula is C13H20Cl3NO4. The summed E-state index contributed by atoms with van der Waals surface area (Å²) in [5.41, 5.74) is 0. The van der Waals surface area contributed by atoms with E-state index in [2.05, 4.69) is 0 Å². The van der Waals surface area contributed by atoms with E-state index in [0.29, 0.717) is 0 Å². The first kappa shape index (κ1) is 18.8. The van der Waals surface area contributed by atoms with Crippen LogP contribution in [0.25, 0.3) is 0 Å². The summed E-state index contributed by atoms with van der Waals surface area (Å²) in [7, 11) is 0. The van der Waals surface area contributed by atoms with Crippen LogP contribution in [-0.4, -0.2) is 34.7 Å². The third kappa shape index (κ3) is 5.16. The van der Waals surface area contributed by atoms with Crippen LogP contribution in [0, 0.1) is 23.2 Å². The second-order valence-electron chi connectivity index (χ2n) is 5.37. The number of esters is 1. The van der Waals surface area contributed by atoms with Gasteiger partial charge in [-0.3, -0.25) is 10.2 Å². The molecule has 1 rings (SSSR count). The number of carbonyl (C=O) groups excluding carboxylic acids is 1. The lowest BCUT2D eigenvalue weighted by Gasteiger charge is -2.43. The smallest absolute Gasteiger partial charge is 0.302 e. The number of nitrogens with one attached hydrogen (secondary N) is 1. The van der Waals surface area contributed by atoms with Crippen molar-refractivity contribution in [1.82, 2.24) is 0 Å². The van der Waals surface area contributed by atoms with E-state index in [1.54, 1.807) is 0 Å². The van der Waals surface area contributed by atoms with Crippen LogP contribution >= 0.6 is 34.8 Å². The maximum atomic E-state index is 10.9. The Kier molecular flexibility index (Phi) is 6.59. The molecule has 0 aromatic heterocycles. The van der Waals surface area contributed by atoms with E-state index in [9.17, 15) is 4.79 Å². The van der Waals surface area contributed by atoms with Crippen molar-refractivity contribution in [2.45, 2.75) is 43.9 Å². The number of alkyl halides is 3. The molecule has 0 aromatic carbocycles. The van der Waals surface area contributed by atoms with Gasteiger partial charge in [0.25, 0.3) is 3.79 Å². The second kappa shape index (κ2) is 7.36. The van der Waals surface area contributed by atoms with E-state index in [4.69, 9.17) is 54.4 Å². The van der Waals surface area contributed by atoms with Crippen LogP contribution in [-0.2, 0) is 19.0 Å². The van der Waals surface area contributed by atoms with Crippen molar-refractivity contribution in [1.29, 1.82) is 5.41 Å². The summed E-state index contributed by atoms with van der Waals surface area (Å²) >= 11 is 16.8. The normalized spacial score (nSPS) is 33.4. The number of carbonyl (C=O) groups is 1. The average molecular weight is 361 g/mol. The van der Waals surface area contributed by atoms with E-state index < -0.39 is 16.0 Å². The first-order chi connectivity index (χ1) is 9.54. The molecular weight excluding hydrogens is 341 g/mol. The number of ether oxygens (including phenoxy) is 3. The molecule has 1 aliphatic heterocycles. The van der Waals surface area contributed by atoms with Crippen molar-refractivity contribution in [2.24, 2.45) is 17.8 Å². The lowest BCUT2D eigenvalue weighted by Crippen LogP contribution is -2.49. The molecule has 2 unspecified atom stereocenters.